The third-order valence-electron chi connectivity index (χ3n) is 4.28. The summed E-state index contributed by atoms with van der Waals surface area (Å²) in [6.45, 7) is 0.458. The van der Waals surface area contributed by atoms with Crippen LogP contribution in [-0.4, -0.2) is 32.4 Å². The Bertz CT molecular complexity index is 941. The average Bonchev–Trinajstić information content (AvgIpc) is 3.00. The van der Waals surface area contributed by atoms with Crippen molar-refractivity contribution in [3.8, 4) is 0 Å². The Labute approximate surface area is 157 Å². The second-order valence-electron chi connectivity index (χ2n) is 6.27. The number of amides is 1. The number of carbonyl (C=O) groups excluding carboxylic acids is 2. The molecule has 1 amide bonds. The standard InChI is InChI=1S/C19H19FN2O4S/c20-15-4-2-14(3-5-15)18(23)10-11-19(24)21-16-6-8-17(9-7-16)22-12-1-13-27(22,25)26/h2-9H,1,10-13H2,(H,21,24). The molecule has 0 unspecified atom stereocenters. The van der Waals surface area contributed by atoms with Crippen molar-refractivity contribution >= 4 is 33.1 Å². The summed E-state index contributed by atoms with van der Waals surface area (Å²) in [4.78, 5) is 24.0. The molecule has 8 heteroatoms. The summed E-state index contributed by atoms with van der Waals surface area (Å²) in [5.41, 5.74) is 1.45. The first-order valence-corrected chi connectivity index (χ1v) is 10.2. The van der Waals surface area contributed by atoms with Gasteiger partial charge in [0.05, 0.1) is 11.4 Å². The fourth-order valence-corrected chi connectivity index (χ4v) is 4.44. The number of nitrogens with zero attached hydrogens (tertiary/aromatic N) is 1. The van der Waals surface area contributed by atoms with Crippen LogP contribution in [0.3, 0.4) is 0 Å². The highest BCUT2D eigenvalue weighted by molar-refractivity contribution is 7.93. The number of sulfonamides is 1. The molecule has 0 aromatic heterocycles. The van der Waals surface area contributed by atoms with Crippen molar-refractivity contribution in [1.82, 2.24) is 0 Å². The molecular weight excluding hydrogens is 371 g/mol. The van der Waals surface area contributed by atoms with E-state index in [0.717, 1.165) is 0 Å². The first-order chi connectivity index (χ1) is 12.8. The molecule has 1 aliphatic rings. The largest absolute Gasteiger partial charge is 0.326 e. The molecule has 1 N–H and O–H groups in total. The van der Waals surface area contributed by atoms with E-state index in [1.165, 1.54) is 28.6 Å². The number of ketones is 1. The molecular formula is C19H19FN2O4S. The Morgan fingerprint density at radius 3 is 2.26 bits per heavy atom. The molecule has 2 aromatic rings. The van der Waals surface area contributed by atoms with E-state index in [1.807, 2.05) is 0 Å². The van der Waals surface area contributed by atoms with E-state index < -0.39 is 15.8 Å². The summed E-state index contributed by atoms with van der Waals surface area (Å²) in [5.74, 6) is -0.839. The molecule has 2 aromatic carbocycles. The van der Waals surface area contributed by atoms with Crippen molar-refractivity contribution in [1.29, 1.82) is 0 Å². The van der Waals surface area contributed by atoms with Crippen LogP contribution in [0.4, 0.5) is 15.8 Å². The van der Waals surface area contributed by atoms with Crippen LogP contribution in [0.15, 0.2) is 48.5 Å². The zero-order chi connectivity index (χ0) is 19.4. The van der Waals surface area contributed by atoms with Gasteiger partial charge in [0.2, 0.25) is 15.9 Å². The second-order valence-corrected chi connectivity index (χ2v) is 8.28. The molecule has 0 saturated carbocycles. The van der Waals surface area contributed by atoms with Crippen LogP contribution in [0.1, 0.15) is 29.6 Å². The molecule has 27 heavy (non-hydrogen) atoms. The van der Waals surface area contributed by atoms with E-state index in [2.05, 4.69) is 5.32 Å². The Balaban J connectivity index is 1.53. The highest BCUT2D eigenvalue weighted by atomic mass is 32.2. The minimum Gasteiger partial charge on any atom is -0.326 e. The molecule has 6 nitrogen and oxygen atoms in total. The third-order valence-corrected chi connectivity index (χ3v) is 6.15. The van der Waals surface area contributed by atoms with Gasteiger partial charge in [-0.1, -0.05) is 0 Å². The lowest BCUT2D eigenvalue weighted by molar-refractivity contribution is -0.116. The number of anilines is 2. The van der Waals surface area contributed by atoms with Gasteiger partial charge in [0.15, 0.2) is 5.78 Å². The monoisotopic (exact) mass is 390 g/mol. The molecule has 142 valence electrons. The minimum absolute atomic E-state index is 0.00152. The van der Waals surface area contributed by atoms with E-state index >= 15 is 0 Å². The van der Waals surface area contributed by atoms with Gasteiger partial charge < -0.3 is 5.32 Å². The maximum Gasteiger partial charge on any atom is 0.235 e. The number of benzene rings is 2. The maximum atomic E-state index is 12.9. The van der Waals surface area contributed by atoms with Crippen LogP contribution in [0.25, 0.3) is 0 Å². The smallest absolute Gasteiger partial charge is 0.235 e. The minimum atomic E-state index is -3.24. The fraction of sp³-hybridized carbons (Fsp3) is 0.263. The van der Waals surface area contributed by atoms with Gasteiger partial charge in [0.25, 0.3) is 0 Å². The van der Waals surface area contributed by atoms with E-state index in [0.29, 0.717) is 29.9 Å². The normalized spacial score (nSPS) is 15.5. The maximum absolute atomic E-state index is 12.9. The third kappa shape index (κ3) is 4.71. The van der Waals surface area contributed by atoms with Crippen molar-refractivity contribution in [2.45, 2.75) is 19.3 Å². The molecule has 1 heterocycles. The molecule has 0 aliphatic carbocycles. The molecule has 1 aliphatic heterocycles. The fourth-order valence-electron chi connectivity index (χ4n) is 2.87. The van der Waals surface area contributed by atoms with Crippen molar-refractivity contribution < 1.29 is 22.4 Å². The molecule has 0 radical (unpaired) electrons. The van der Waals surface area contributed by atoms with Crippen LogP contribution in [0.5, 0.6) is 0 Å². The Kier molecular flexibility index (Phi) is 5.55. The summed E-state index contributed by atoms with van der Waals surface area (Å²) in [5, 5.41) is 2.68. The van der Waals surface area contributed by atoms with Crippen molar-refractivity contribution in [2.75, 3.05) is 21.9 Å². The Hall–Kier alpha value is -2.74. The first-order valence-electron chi connectivity index (χ1n) is 8.54. The lowest BCUT2D eigenvalue weighted by Gasteiger charge is -2.17. The van der Waals surface area contributed by atoms with Gasteiger partial charge in [-0.3, -0.25) is 13.9 Å². The lowest BCUT2D eigenvalue weighted by atomic mass is 10.1. The molecule has 0 atom stereocenters. The van der Waals surface area contributed by atoms with Crippen LogP contribution in [0, 0.1) is 5.82 Å². The number of hydrogen-bond donors (Lipinski definition) is 1. The van der Waals surface area contributed by atoms with Gasteiger partial charge in [0, 0.05) is 30.6 Å². The molecule has 0 bridgehead atoms. The second kappa shape index (κ2) is 7.87. The van der Waals surface area contributed by atoms with E-state index in [1.54, 1.807) is 24.3 Å². The highest BCUT2D eigenvalue weighted by Crippen LogP contribution is 2.25. The predicted octanol–water partition coefficient (Wildman–Crippen LogP) is 2.97. The molecule has 3 rings (SSSR count). The average molecular weight is 390 g/mol. The lowest BCUT2D eigenvalue weighted by Crippen LogP contribution is -2.25. The Morgan fingerprint density at radius 2 is 1.67 bits per heavy atom. The van der Waals surface area contributed by atoms with Crippen molar-refractivity contribution in [2.24, 2.45) is 0 Å². The van der Waals surface area contributed by atoms with Crippen molar-refractivity contribution in [3.63, 3.8) is 0 Å². The number of halogens is 1. The van der Waals surface area contributed by atoms with Crippen molar-refractivity contribution in [3.05, 3.63) is 59.9 Å². The SMILES string of the molecule is O=C(CCC(=O)c1ccc(F)cc1)Nc1ccc(N2CCCS2(=O)=O)cc1. The van der Waals surface area contributed by atoms with Crippen LogP contribution in [0.2, 0.25) is 0 Å². The summed E-state index contributed by atoms with van der Waals surface area (Å²) < 4.78 is 38.1. The predicted molar refractivity (Wildman–Crippen MR) is 101 cm³/mol. The van der Waals surface area contributed by atoms with E-state index in [9.17, 15) is 22.4 Å². The van der Waals surface area contributed by atoms with Crippen LogP contribution >= 0.6 is 0 Å². The van der Waals surface area contributed by atoms with Gasteiger partial charge in [-0.25, -0.2) is 12.8 Å². The number of Topliss-reactive ketones (excluding diaryl/α,β-unsaturated/α-hetero) is 1. The van der Waals surface area contributed by atoms with Gasteiger partial charge in [-0.05, 0) is 55.0 Å². The summed E-state index contributed by atoms with van der Waals surface area (Å²) in [6.07, 6.45) is 0.614. The summed E-state index contributed by atoms with van der Waals surface area (Å²) >= 11 is 0. The highest BCUT2D eigenvalue weighted by Gasteiger charge is 2.28. The summed E-state index contributed by atoms with van der Waals surface area (Å²) in [7, 11) is -3.24. The zero-order valence-electron chi connectivity index (χ0n) is 14.5. The summed E-state index contributed by atoms with van der Waals surface area (Å²) in [6, 6.07) is 11.7. The van der Waals surface area contributed by atoms with Crippen LogP contribution < -0.4 is 9.62 Å². The van der Waals surface area contributed by atoms with Gasteiger partial charge >= 0.3 is 0 Å². The topological polar surface area (TPSA) is 83.6 Å². The van der Waals surface area contributed by atoms with Gasteiger partial charge in [-0.2, -0.15) is 0 Å². The van der Waals surface area contributed by atoms with Gasteiger partial charge in [0.1, 0.15) is 5.82 Å². The number of hydrogen-bond acceptors (Lipinski definition) is 4. The van der Waals surface area contributed by atoms with Gasteiger partial charge in [-0.15, -0.1) is 0 Å². The zero-order valence-corrected chi connectivity index (χ0v) is 15.3. The number of rotatable bonds is 6. The molecule has 0 spiro atoms. The Morgan fingerprint density at radius 1 is 1.00 bits per heavy atom. The van der Waals surface area contributed by atoms with E-state index in [-0.39, 0.29) is 30.3 Å². The number of carbonyl (C=O) groups is 2. The van der Waals surface area contributed by atoms with E-state index in [4.69, 9.17) is 0 Å². The molecule has 1 saturated heterocycles. The number of nitrogens with one attached hydrogen (secondary N) is 1. The first kappa shape index (κ1) is 19.0. The van der Waals surface area contributed by atoms with Crippen LogP contribution in [-0.2, 0) is 14.8 Å². The molecule has 1 fully saturated rings. The quantitative estimate of drug-likeness (QED) is 0.769.